The van der Waals surface area contributed by atoms with Crippen molar-refractivity contribution in [3.63, 3.8) is 0 Å². The van der Waals surface area contributed by atoms with Crippen LogP contribution in [0.5, 0.6) is 5.88 Å². The highest BCUT2D eigenvalue weighted by molar-refractivity contribution is 9.10. The number of carbonyl (C=O) groups excluding carboxylic acids is 1. The molecule has 6 heteroatoms. The molecule has 5 nitrogen and oxygen atoms in total. The summed E-state index contributed by atoms with van der Waals surface area (Å²) in [4.78, 5) is 22.0. The van der Waals surface area contributed by atoms with Crippen molar-refractivity contribution in [3.8, 4) is 5.88 Å². The second-order valence-electron chi connectivity index (χ2n) is 4.51. The number of rotatable bonds is 7. The van der Waals surface area contributed by atoms with E-state index >= 15 is 0 Å². The topological polar surface area (TPSA) is 55.3 Å². The molecule has 0 aliphatic rings. The maximum absolute atomic E-state index is 12.2. The summed E-state index contributed by atoms with van der Waals surface area (Å²) in [7, 11) is 0. The Kier molecular flexibility index (Phi) is 5.66. The Hall–Kier alpha value is -2.21. The van der Waals surface area contributed by atoms with Crippen LogP contribution in [0.2, 0.25) is 0 Å². The predicted octanol–water partition coefficient (Wildman–Crippen LogP) is 2.97. The van der Waals surface area contributed by atoms with Crippen LogP contribution in [-0.2, 0) is 4.79 Å². The van der Waals surface area contributed by atoms with E-state index in [9.17, 15) is 4.79 Å². The minimum atomic E-state index is -0.151. The number of hydrogen-bond donors (Lipinski definition) is 0. The molecule has 1 aromatic carbocycles. The zero-order valence-electron chi connectivity index (χ0n) is 12.0. The van der Waals surface area contributed by atoms with Gasteiger partial charge in [-0.1, -0.05) is 28.1 Å². The number of ether oxygens (including phenoxy) is 1. The van der Waals surface area contributed by atoms with Crippen molar-refractivity contribution in [1.82, 2.24) is 14.9 Å². The molecular weight excluding hydrogens is 346 g/mol. The van der Waals surface area contributed by atoms with Crippen molar-refractivity contribution in [3.05, 3.63) is 54.3 Å². The van der Waals surface area contributed by atoms with Crippen molar-refractivity contribution in [1.29, 1.82) is 0 Å². The molecule has 0 fully saturated rings. The average molecular weight is 362 g/mol. The normalized spacial score (nSPS) is 10.2. The van der Waals surface area contributed by atoms with Crippen LogP contribution >= 0.6 is 15.9 Å². The molecule has 0 N–H and O–H groups in total. The van der Waals surface area contributed by atoms with Crippen LogP contribution in [-0.4, -0.2) is 40.5 Å². The van der Waals surface area contributed by atoms with Gasteiger partial charge in [0.15, 0.2) is 6.61 Å². The predicted molar refractivity (Wildman–Crippen MR) is 89.7 cm³/mol. The zero-order valence-corrected chi connectivity index (χ0v) is 13.6. The summed E-state index contributed by atoms with van der Waals surface area (Å²) in [5.74, 6) is 0.235. The Labute approximate surface area is 137 Å². The fraction of sp³-hybridized carbons (Fsp3) is 0.188. The van der Waals surface area contributed by atoms with Gasteiger partial charge in [-0.15, -0.1) is 13.2 Å². The quantitative estimate of drug-likeness (QED) is 0.711. The highest BCUT2D eigenvalue weighted by Gasteiger charge is 2.13. The van der Waals surface area contributed by atoms with E-state index in [1.807, 2.05) is 18.2 Å². The van der Waals surface area contributed by atoms with Gasteiger partial charge in [0.2, 0.25) is 5.88 Å². The van der Waals surface area contributed by atoms with Gasteiger partial charge in [-0.2, -0.15) is 0 Å². The minimum Gasteiger partial charge on any atom is -0.467 e. The van der Waals surface area contributed by atoms with E-state index in [-0.39, 0.29) is 12.5 Å². The highest BCUT2D eigenvalue weighted by atomic mass is 79.9. The second-order valence-corrected chi connectivity index (χ2v) is 5.42. The van der Waals surface area contributed by atoms with Crippen LogP contribution < -0.4 is 4.74 Å². The summed E-state index contributed by atoms with van der Waals surface area (Å²) in [6.45, 7) is 8.08. The van der Waals surface area contributed by atoms with Gasteiger partial charge < -0.3 is 9.64 Å². The van der Waals surface area contributed by atoms with Crippen LogP contribution in [0.3, 0.4) is 0 Å². The average Bonchev–Trinajstić information content (AvgIpc) is 2.52. The summed E-state index contributed by atoms with van der Waals surface area (Å²) in [6, 6.07) is 5.61. The molecule has 0 spiro atoms. The van der Waals surface area contributed by atoms with Gasteiger partial charge >= 0.3 is 0 Å². The summed E-state index contributed by atoms with van der Waals surface area (Å²) in [5, 5.41) is 0.753. The van der Waals surface area contributed by atoms with Gasteiger partial charge in [0, 0.05) is 17.6 Å². The molecule has 114 valence electrons. The number of amides is 1. The molecule has 0 saturated heterocycles. The fourth-order valence-electron chi connectivity index (χ4n) is 1.93. The van der Waals surface area contributed by atoms with Crippen molar-refractivity contribution >= 4 is 32.7 Å². The molecule has 0 atom stereocenters. The van der Waals surface area contributed by atoms with E-state index in [4.69, 9.17) is 4.74 Å². The molecule has 2 rings (SSSR count). The first kappa shape index (κ1) is 16.2. The number of carbonyl (C=O) groups is 1. The summed E-state index contributed by atoms with van der Waals surface area (Å²) in [6.07, 6.45) is 4.75. The lowest BCUT2D eigenvalue weighted by Gasteiger charge is -2.19. The summed E-state index contributed by atoms with van der Waals surface area (Å²) < 4.78 is 6.47. The second kappa shape index (κ2) is 7.70. The minimum absolute atomic E-state index is 0.0969. The zero-order chi connectivity index (χ0) is 15.9. The first-order valence-corrected chi connectivity index (χ1v) is 7.47. The number of aromatic nitrogens is 2. The largest absolute Gasteiger partial charge is 0.467 e. The maximum atomic E-state index is 12.2. The van der Waals surface area contributed by atoms with Crippen molar-refractivity contribution in [2.45, 2.75) is 0 Å². The van der Waals surface area contributed by atoms with Gasteiger partial charge in [0.1, 0.15) is 6.33 Å². The molecule has 2 aromatic rings. The lowest BCUT2D eigenvalue weighted by Crippen LogP contribution is -2.35. The smallest absolute Gasteiger partial charge is 0.261 e. The Bertz CT molecular complexity index is 693. The third kappa shape index (κ3) is 3.92. The molecule has 22 heavy (non-hydrogen) atoms. The van der Waals surface area contributed by atoms with E-state index in [2.05, 4.69) is 39.1 Å². The van der Waals surface area contributed by atoms with E-state index in [0.717, 1.165) is 15.4 Å². The molecule has 0 aliphatic carbocycles. The summed E-state index contributed by atoms with van der Waals surface area (Å²) >= 11 is 3.40. The number of halogens is 1. The van der Waals surface area contributed by atoms with Crippen LogP contribution in [0.1, 0.15) is 0 Å². The number of benzene rings is 1. The molecule has 1 heterocycles. The molecule has 0 radical (unpaired) electrons. The Balaban J connectivity index is 2.14. The van der Waals surface area contributed by atoms with Crippen LogP contribution in [0.25, 0.3) is 10.9 Å². The van der Waals surface area contributed by atoms with Gasteiger partial charge in [-0.3, -0.25) is 4.79 Å². The molecule has 1 aromatic heterocycles. The van der Waals surface area contributed by atoms with Crippen LogP contribution in [0.15, 0.2) is 54.3 Å². The SMILES string of the molecule is C=CCN(CC=C)C(=O)COc1ncnc2ccc(Br)cc12. The van der Waals surface area contributed by atoms with Gasteiger partial charge in [0.25, 0.3) is 5.91 Å². The molecule has 0 aliphatic heterocycles. The standard InChI is InChI=1S/C16H16BrN3O2/c1-3-7-20(8-4-2)15(21)10-22-16-13-9-12(17)5-6-14(13)18-11-19-16/h3-6,9,11H,1-2,7-8,10H2. The summed E-state index contributed by atoms with van der Waals surface area (Å²) in [5.41, 5.74) is 0.759. The van der Waals surface area contributed by atoms with Crippen LogP contribution in [0, 0.1) is 0 Å². The first-order chi connectivity index (χ1) is 10.7. The van der Waals surface area contributed by atoms with Crippen molar-refractivity contribution in [2.75, 3.05) is 19.7 Å². The third-order valence-corrected chi connectivity index (χ3v) is 3.44. The number of hydrogen-bond acceptors (Lipinski definition) is 4. The van der Waals surface area contributed by atoms with Crippen LogP contribution in [0.4, 0.5) is 0 Å². The number of nitrogens with zero attached hydrogens (tertiary/aromatic N) is 3. The highest BCUT2D eigenvalue weighted by Crippen LogP contribution is 2.24. The van der Waals surface area contributed by atoms with E-state index in [1.165, 1.54) is 6.33 Å². The van der Waals surface area contributed by atoms with Gasteiger partial charge in [0.05, 0.1) is 10.9 Å². The molecule has 0 bridgehead atoms. The van der Waals surface area contributed by atoms with Gasteiger partial charge in [-0.05, 0) is 18.2 Å². The molecule has 0 unspecified atom stereocenters. The van der Waals surface area contributed by atoms with E-state index < -0.39 is 0 Å². The van der Waals surface area contributed by atoms with E-state index in [0.29, 0.717) is 19.0 Å². The van der Waals surface area contributed by atoms with Gasteiger partial charge in [-0.25, -0.2) is 9.97 Å². The Morgan fingerprint density at radius 2 is 2.00 bits per heavy atom. The Morgan fingerprint density at radius 1 is 1.27 bits per heavy atom. The first-order valence-electron chi connectivity index (χ1n) is 6.68. The maximum Gasteiger partial charge on any atom is 0.261 e. The monoisotopic (exact) mass is 361 g/mol. The fourth-order valence-corrected chi connectivity index (χ4v) is 2.29. The third-order valence-electron chi connectivity index (χ3n) is 2.94. The van der Waals surface area contributed by atoms with Crippen molar-refractivity contribution < 1.29 is 9.53 Å². The lowest BCUT2D eigenvalue weighted by atomic mass is 10.2. The number of fused-ring (bicyclic) bond motifs is 1. The Morgan fingerprint density at radius 3 is 2.68 bits per heavy atom. The molecule has 1 amide bonds. The lowest BCUT2D eigenvalue weighted by molar-refractivity contribution is -0.132. The van der Waals surface area contributed by atoms with E-state index in [1.54, 1.807) is 17.1 Å². The van der Waals surface area contributed by atoms with Crippen molar-refractivity contribution in [2.24, 2.45) is 0 Å². The molecule has 0 saturated carbocycles. The molecular formula is C16H16BrN3O2.